The summed E-state index contributed by atoms with van der Waals surface area (Å²) >= 11 is 0. The SMILES string of the molecule is CCc1ccc(C(=O)N2CCN(C(=O)CC(C)c3ccccc3)CC2)cc1. The Kier molecular flexibility index (Phi) is 6.28. The van der Waals surface area contributed by atoms with Crippen molar-refractivity contribution in [2.75, 3.05) is 26.2 Å². The lowest BCUT2D eigenvalue weighted by Crippen LogP contribution is -2.50. The molecule has 3 rings (SSSR count). The summed E-state index contributed by atoms with van der Waals surface area (Å²) in [5.74, 6) is 0.434. The third-order valence-electron chi connectivity index (χ3n) is 5.38. The van der Waals surface area contributed by atoms with Crippen LogP contribution in [0, 0.1) is 0 Å². The van der Waals surface area contributed by atoms with Crippen LogP contribution in [-0.2, 0) is 11.2 Å². The second-order valence-electron chi connectivity index (χ2n) is 7.24. The standard InChI is InChI=1S/C23H28N2O2/c1-3-19-9-11-21(12-10-19)23(27)25-15-13-24(14-16-25)22(26)17-18(2)20-7-5-4-6-8-20/h4-12,18H,3,13-17H2,1-2H3. The van der Waals surface area contributed by atoms with Crippen molar-refractivity contribution < 1.29 is 9.59 Å². The topological polar surface area (TPSA) is 40.6 Å². The van der Waals surface area contributed by atoms with Gasteiger partial charge in [-0.3, -0.25) is 9.59 Å². The van der Waals surface area contributed by atoms with Gasteiger partial charge in [-0.25, -0.2) is 0 Å². The van der Waals surface area contributed by atoms with Gasteiger partial charge < -0.3 is 9.80 Å². The number of hydrogen-bond donors (Lipinski definition) is 0. The Bertz CT molecular complexity index is 763. The van der Waals surface area contributed by atoms with Crippen molar-refractivity contribution in [3.05, 3.63) is 71.3 Å². The molecule has 0 aliphatic carbocycles. The number of aryl methyl sites for hydroxylation is 1. The summed E-state index contributed by atoms with van der Waals surface area (Å²) in [6.07, 6.45) is 1.48. The average Bonchev–Trinajstić information content (AvgIpc) is 2.74. The molecule has 0 spiro atoms. The Hall–Kier alpha value is -2.62. The lowest BCUT2D eigenvalue weighted by atomic mass is 9.97. The zero-order valence-electron chi connectivity index (χ0n) is 16.2. The van der Waals surface area contributed by atoms with E-state index in [-0.39, 0.29) is 17.7 Å². The first-order valence-electron chi connectivity index (χ1n) is 9.79. The van der Waals surface area contributed by atoms with Crippen LogP contribution in [0.1, 0.15) is 47.7 Å². The summed E-state index contributed by atoms with van der Waals surface area (Å²) in [6, 6.07) is 18.0. The highest BCUT2D eigenvalue weighted by molar-refractivity contribution is 5.94. The van der Waals surface area contributed by atoms with E-state index in [2.05, 4.69) is 26.0 Å². The molecule has 0 N–H and O–H groups in total. The van der Waals surface area contributed by atoms with Gasteiger partial charge in [-0.05, 0) is 35.6 Å². The van der Waals surface area contributed by atoms with E-state index in [0.717, 1.165) is 12.0 Å². The van der Waals surface area contributed by atoms with Gasteiger partial charge in [0, 0.05) is 38.2 Å². The van der Waals surface area contributed by atoms with Crippen molar-refractivity contribution in [1.82, 2.24) is 9.80 Å². The van der Waals surface area contributed by atoms with Gasteiger partial charge in [0.25, 0.3) is 5.91 Å². The molecule has 1 unspecified atom stereocenters. The maximum Gasteiger partial charge on any atom is 0.253 e. The predicted molar refractivity (Wildman–Crippen MR) is 108 cm³/mol. The van der Waals surface area contributed by atoms with Gasteiger partial charge in [-0.1, -0.05) is 56.3 Å². The minimum absolute atomic E-state index is 0.0578. The van der Waals surface area contributed by atoms with Crippen molar-refractivity contribution in [1.29, 1.82) is 0 Å². The van der Waals surface area contributed by atoms with Crippen LogP contribution in [0.5, 0.6) is 0 Å². The largest absolute Gasteiger partial charge is 0.339 e. The quantitative estimate of drug-likeness (QED) is 0.811. The molecule has 2 aromatic carbocycles. The minimum atomic E-state index is 0.0578. The fraction of sp³-hybridized carbons (Fsp3) is 0.391. The van der Waals surface area contributed by atoms with Crippen molar-refractivity contribution in [3.63, 3.8) is 0 Å². The Labute approximate surface area is 161 Å². The van der Waals surface area contributed by atoms with Gasteiger partial charge in [0.1, 0.15) is 0 Å². The minimum Gasteiger partial charge on any atom is -0.339 e. The summed E-state index contributed by atoms with van der Waals surface area (Å²) in [5.41, 5.74) is 3.15. The Morgan fingerprint density at radius 1 is 0.889 bits per heavy atom. The fourth-order valence-corrected chi connectivity index (χ4v) is 3.51. The lowest BCUT2D eigenvalue weighted by Gasteiger charge is -2.35. The molecule has 4 nitrogen and oxygen atoms in total. The van der Waals surface area contributed by atoms with Crippen LogP contribution in [0.25, 0.3) is 0 Å². The van der Waals surface area contributed by atoms with E-state index in [1.54, 1.807) is 0 Å². The summed E-state index contributed by atoms with van der Waals surface area (Å²) in [5, 5.41) is 0. The third kappa shape index (κ3) is 4.76. The van der Waals surface area contributed by atoms with Gasteiger partial charge in [-0.15, -0.1) is 0 Å². The first-order valence-corrected chi connectivity index (χ1v) is 9.79. The van der Waals surface area contributed by atoms with Crippen LogP contribution in [-0.4, -0.2) is 47.8 Å². The smallest absolute Gasteiger partial charge is 0.253 e. The van der Waals surface area contributed by atoms with E-state index < -0.39 is 0 Å². The number of hydrogen-bond acceptors (Lipinski definition) is 2. The molecule has 0 radical (unpaired) electrons. The zero-order chi connectivity index (χ0) is 19.2. The summed E-state index contributed by atoms with van der Waals surface area (Å²) in [6.45, 7) is 6.61. The monoisotopic (exact) mass is 364 g/mol. The van der Waals surface area contributed by atoms with E-state index >= 15 is 0 Å². The first-order chi connectivity index (χ1) is 13.1. The van der Waals surface area contributed by atoms with Gasteiger partial charge >= 0.3 is 0 Å². The number of benzene rings is 2. The molecule has 2 amide bonds. The van der Waals surface area contributed by atoms with Crippen LogP contribution in [0.3, 0.4) is 0 Å². The second kappa shape index (κ2) is 8.85. The fourth-order valence-electron chi connectivity index (χ4n) is 3.51. The van der Waals surface area contributed by atoms with E-state index in [9.17, 15) is 9.59 Å². The van der Waals surface area contributed by atoms with Crippen molar-refractivity contribution in [2.24, 2.45) is 0 Å². The normalized spacial score (nSPS) is 15.5. The van der Waals surface area contributed by atoms with E-state index in [1.165, 1.54) is 11.1 Å². The van der Waals surface area contributed by atoms with Crippen LogP contribution in [0.15, 0.2) is 54.6 Å². The molecule has 1 heterocycles. The molecule has 1 fully saturated rings. The Morgan fingerprint density at radius 2 is 1.48 bits per heavy atom. The van der Waals surface area contributed by atoms with Gasteiger partial charge in [0.05, 0.1) is 0 Å². The molecule has 1 aliphatic rings. The average molecular weight is 364 g/mol. The van der Waals surface area contributed by atoms with Gasteiger partial charge in [0.15, 0.2) is 0 Å². The molecule has 0 aromatic heterocycles. The summed E-state index contributed by atoms with van der Waals surface area (Å²) < 4.78 is 0. The molecule has 4 heteroatoms. The number of nitrogens with zero attached hydrogens (tertiary/aromatic N) is 2. The van der Waals surface area contributed by atoms with Gasteiger partial charge in [0.2, 0.25) is 5.91 Å². The first kappa shape index (κ1) is 19.2. The predicted octanol–water partition coefficient (Wildman–Crippen LogP) is 3.73. The summed E-state index contributed by atoms with van der Waals surface area (Å²) in [7, 11) is 0. The number of rotatable bonds is 5. The molecule has 0 saturated carbocycles. The molecule has 0 bridgehead atoms. The molecular weight excluding hydrogens is 336 g/mol. The summed E-state index contributed by atoms with van der Waals surface area (Å²) in [4.78, 5) is 29.0. The molecule has 27 heavy (non-hydrogen) atoms. The molecular formula is C23H28N2O2. The van der Waals surface area contributed by atoms with Crippen LogP contribution < -0.4 is 0 Å². The third-order valence-corrected chi connectivity index (χ3v) is 5.38. The van der Waals surface area contributed by atoms with E-state index in [1.807, 2.05) is 52.3 Å². The lowest BCUT2D eigenvalue weighted by molar-refractivity contribution is -0.133. The number of piperazine rings is 1. The number of amides is 2. The highest BCUT2D eigenvalue weighted by Gasteiger charge is 2.25. The van der Waals surface area contributed by atoms with Gasteiger partial charge in [-0.2, -0.15) is 0 Å². The molecule has 1 saturated heterocycles. The van der Waals surface area contributed by atoms with Crippen molar-refractivity contribution in [3.8, 4) is 0 Å². The Balaban J connectivity index is 1.51. The highest BCUT2D eigenvalue weighted by Crippen LogP contribution is 2.20. The maximum absolute atomic E-state index is 12.7. The van der Waals surface area contributed by atoms with Crippen LogP contribution >= 0.6 is 0 Å². The zero-order valence-corrected chi connectivity index (χ0v) is 16.2. The molecule has 1 aliphatic heterocycles. The molecule has 2 aromatic rings. The number of carbonyl (C=O) groups excluding carboxylic acids is 2. The Morgan fingerprint density at radius 3 is 2.07 bits per heavy atom. The number of carbonyl (C=O) groups is 2. The van der Waals surface area contributed by atoms with Crippen LogP contribution in [0.4, 0.5) is 0 Å². The van der Waals surface area contributed by atoms with E-state index in [0.29, 0.717) is 32.6 Å². The second-order valence-corrected chi connectivity index (χ2v) is 7.24. The highest BCUT2D eigenvalue weighted by atomic mass is 16.2. The van der Waals surface area contributed by atoms with E-state index in [4.69, 9.17) is 0 Å². The van der Waals surface area contributed by atoms with Crippen molar-refractivity contribution >= 4 is 11.8 Å². The molecule has 1 atom stereocenters. The van der Waals surface area contributed by atoms with Crippen LogP contribution in [0.2, 0.25) is 0 Å². The maximum atomic E-state index is 12.7. The molecule has 142 valence electrons. The van der Waals surface area contributed by atoms with Crippen molar-refractivity contribution in [2.45, 2.75) is 32.6 Å².